The average Bonchev–Trinajstić information content (AvgIpc) is 2.31. The first-order valence-electron chi connectivity index (χ1n) is 5.05. The Morgan fingerprint density at radius 1 is 1.18 bits per heavy atom. The third-order valence-electron chi connectivity index (χ3n) is 2.13. The number of hydrogen-bond donors (Lipinski definition) is 1. The smallest absolute Gasteiger partial charge is 0.254 e. The zero-order valence-corrected chi connectivity index (χ0v) is 9.66. The van der Waals surface area contributed by atoms with Crippen LogP contribution in [0, 0.1) is 17.5 Å². The molecule has 1 aromatic carbocycles. The van der Waals surface area contributed by atoms with Gasteiger partial charge in [-0.3, -0.25) is 4.79 Å². The summed E-state index contributed by atoms with van der Waals surface area (Å²) in [5.41, 5.74) is -0.505. The van der Waals surface area contributed by atoms with E-state index in [0.717, 1.165) is 6.07 Å². The van der Waals surface area contributed by atoms with Crippen LogP contribution in [-0.2, 0) is 0 Å². The number of amides is 1. The van der Waals surface area contributed by atoms with Gasteiger partial charge in [0.2, 0.25) is 0 Å². The second-order valence-corrected chi connectivity index (χ2v) is 3.75. The molecular formula is C11H11ClF3NO. The van der Waals surface area contributed by atoms with Crippen molar-refractivity contribution in [1.82, 2.24) is 5.32 Å². The molecule has 2 nitrogen and oxygen atoms in total. The van der Waals surface area contributed by atoms with E-state index in [-0.39, 0.29) is 0 Å². The van der Waals surface area contributed by atoms with Crippen molar-refractivity contribution in [3.8, 4) is 0 Å². The average molecular weight is 266 g/mol. The molecule has 0 spiro atoms. The molecule has 17 heavy (non-hydrogen) atoms. The van der Waals surface area contributed by atoms with Crippen molar-refractivity contribution in [1.29, 1.82) is 0 Å². The van der Waals surface area contributed by atoms with Crippen molar-refractivity contribution in [2.24, 2.45) is 0 Å². The first-order valence-corrected chi connectivity index (χ1v) is 5.59. The minimum Gasteiger partial charge on any atom is -0.352 e. The fourth-order valence-corrected chi connectivity index (χ4v) is 1.41. The van der Waals surface area contributed by atoms with E-state index in [4.69, 9.17) is 11.6 Å². The van der Waals surface area contributed by atoms with Gasteiger partial charge in [-0.2, -0.15) is 0 Å². The summed E-state index contributed by atoms with van der Waals surface area (Å²) in [6.07, 6.45) is 1.35. The Labute approximate surface area is 102 Å². The molecule has 1 rings (SSSR count). The molecule has 0 heterocycles. The monoisotopic (exact) mass is 265 g/mol. The maximum atomic E-state index is 13.2. The molecule has 1 aromatic rings. The molecule has 0 saturated carbocycles. The Hall–Kier alpha value is -1.23. The van der Waals surface area contributed by atoms with Crippen molar-refractivity contribution in [2.75, 3.05) is 12.4 Å². The lowest BCUT2D eigenvalue weighted by atomic mass is 10.2. The number of halogens is 4. The zero-order chi connectivity index (χ0) is 12.8. The third kappa shape index (κ3) is 3.63. The van der Waals surface area contributed by atoms with Crippen LogP contribution in [0.15, 0.2) is 12.1 Å². The summed E-state index contributed by atoms with van der Waals surface area (Å²) in [4.78, 5) is 11.4. The van der Waals surface area contributed by atoms with Gasteiger partial charge in [0.1, 0.15) is 0 Å². The number of carbonyl (C=O) groups excluding carboxylic acids is 1. The topological polar surface area (TPSA) is 29.1 Å². The Kier molecular flexibility index (Phi) is 5.28. The van der Waals surface area contributed by atoms with E-state index in [2.05, 4.69) is 5.32 Å². The van der Waals surface area contributed by atoms with Crippen LogP contribution in [0.25, 0.3) is 0 Å². The third-order valence-corrected chi connectivity index (χ3v) is 2.39. The maximum absolute atomic E-state index is 13.2. The van der Waals surface area contributed by atoms with Gasteiger partial charge in [-0.1, -0.05) is 0 Å². The lowest BCUT2D eigenvalue weighted by molar-refractivity contribution is 0.0948. The molecule has 0 fully saturated rings. The van der Waals surface area contributed by atoms with Gasteiger partial charge in [-0.05, 0) is 25.0 Å². The fourth-order valence-electron chi connectivity index (χ4n) is 1.22. The van der Waals surface area contributed by atoms with Crippen LogP contribution in [0.4, 0.5) is 13.2 Å². The minimum atomic E-state index is -1.64. The van der Waals surface area contributed by atoms with Gasteiger partial charge in [0.15, 0.2) is 17.5 Å². The molecule has 0 bridgehead atoms. The van der Waals surface area contributed by atoms with Gasteiger partial charge in [0.05, 0.1) is 5.56 Å². The zero-order valence-electron chi connectivity index (χ0n) is 8.90. The van der Waals surface area contributed by atoms with Gasteiger partial charge in [0.25, 0.3) is 5.91 Å². The first-order chi connectivity index (χ1) is 8.07. The molecule has 1 amide bonds. The Morgan fingerprint density at radius 2 is 1.88 bits per heavy atom. The van der Waals surface area contributed by atoms with Gasteiger partial charge in [-0.25, -0.2) is 13.2 Å². The van der Waals surface area contributed by atoms with Crippen LogP contribution in [0.3, 0.4) is 0 Å². The minimum absolute atomic E-state index is 0.310. The summed E-state index contributed by atoms with van der Waals surface area (Å²) in [7, 11) is 0. The summed E-state index contributed by atoms with van der Waals surface area (Å²) >= 11 is 5.43. The van der Waals surface area contributed by atoms with Gasteiger partial charge < -0.3 is 5.32 Å². The highest BCUT2D eigenvalue weighted by Gasteiger charge is 2.18. The van der Waals surface area contributed by atoms with Crippen LogP contribution < -0.4 is 5.32 Å². The van der Waals surface area contributed by atoms with E-state index in [1.807, 2.05) is 0 Å². The molecule has 0 unspecified atom stereocenters. The normalized spacial score (nSPS) is 10.4. The standard InChI is InChI=1S/C11H11ClF3NO/c12-5-1-2-6-16-11(17)7-3-4-8(13)10(15)9(7)14/h3-4H,1-2,5-6H2,(H,16,17). The summed E-state index contributed by atoms with van der Waals surface area (Å²) in [6.45, 7) is 0.310. The van der Waals surface area contributed by atoms with E-state index in [1.54, 1.807) is 0 Å². The Balaban J connectivity index is 2.66. The van der Waals surface area contributed by atoms with Crippen LogP contribution in [0.1, 0.15) is 23.2 Å². The molecule has 0 aliphatic heterocycles. The molecule has 6 heteroatoms. The summed E-state index contributed by atoms with van der Waals surface area (Å²) in [6, 6.07) is 1.62. The summed E-state index contributed by atoms with van der Waals surface area (Å²) < 4.78 is 38.7. The van der Waals surface area contributed by atoms with Crippen molar-refractivity contribution < 1.29 is 18.0 Å². The van der Waals surface area contributed by atoms with E-state index in [0.29, 0.717) is 31.3 Å². The highest BCUT2D eigenvalue weighted by Crippen LogP contribution is 2.14. The number of carbonyl (C=O) groups is 1. The quantitative estimate of drug-likeness (QED) is 0.495. The van der Waals surface area contributed by atoms with E-state index in [1.165, 1.54) is 0 Å². The van der Waals surface area contributed by atoms with E-state index < -0.39 is 28.9 Å². The van der Waals surface area contributed by atoms with Crippen LogP contribution in [-0.4, -0.2) is 18.3 Å². The van der Waals surface area contributed by atoms with Crippen molar-refractivity contribution in [2.45, 2.75) is 12.8 Å². The predicted molar refractivity (Wildman–Crippen MR) is 58.6 cm³/mol. The number of hydrogen-bond acceptors (Lipinski definition) is 1. The number of benzene rings is 1. The molecule has 0 atom stereocenters. The van der Waals surface area contributed by atoms with Crippen LogP contribution >= 0.6 is 11.6 Å². The summed E-state index contributed by atoms with van der Waals surface area (Å²) in [5.74, 6) is -4.73. The lowest BCUT2D eigenvalue weighted by Crippen LogP contribution is -2.26. The van der Waals surface area contributed by atoms with Gasteiger partial charge in [0, 0.05) is 12.4 Å². The SMILES string of the molecule is O=C(NCCCCCl)c1ccc(F)c(F)c1F. The maximum Gasteiger partial charge on any atom is 0.254 e. The largest absolute Gasteiger partial charge is 0.352 e. The second-order valence-electron chi connectivity index (χ2n) is 3.37. The Morgan fingerprint density at radius 3 is 2.53 bits per heavy atom. The fraction of sp³-hybridized carbons (Fsp3) is 0.364. The van der Waals surface area contributed by atoms with Crippen molar-refractivity contribution in [3.05, 3.63) is 35.1 Å². The van der Waals surface area contributed by atoms with E-state index in [9.17, 15) is 18.0 Å². The molecule has 0 saturated heterocycles. The summed E-state index contributed by atoms with van der Waals surface area (Å²) in [5, 5.41) is 2.39. The molecule has 0 aromatic heterocycles. The van der Waals surface area contributed by atoms with Gasteiger partial charge in [-0.15, -0.1) is 11.6 Å². The molecule has 0 radical (unpaired) electrons. The number of nitrogens with one attached hydrogen (secondary N) is 1. The lowest BCUT2D eigenvalue weighted by Gasteiger charge is -2.06. The van der Waals surface area contributed by atoms with Crippen molar-refractivity contribution >= 4 is 17.5 Å². The molecule has 1 N–H and O–H groups in total. The Bertz CT molecular complexity index is 412. The van der Waals surface area contributed by atoms with Crippen molar-refractivity contribution in [3.63, 3.8) is 0 Å². The van der Waals surface area contributed by atoms with E-state index >= 15 is 0 Å². The highest BCUT2D eigenvalue weighted by atomic mass is 35.5. The number of rotatable bonds is 5. The molecule has 94 valence electrons. The second kappa shape index (κ2) is 6.49. The molecule has 0 aliphatic carbocycles. The van der Waals surface area contributed by atoms with Crippen LogP contribution in [0.5, 0.6) is 0 Å². The molecule has 0 aliphatic rings. The van der Waals surface area contributed by atoms with Gasteiger partial charge >= 0.3 is 0 Å². The molecular weight excluding hydrogens is 255 g/mol. The first kappa shape index (κ1) is 13.8. The highest BCUT2D eigenvalue weighted by molar-refractivity contribution is 6.17. The van der Waals surface area contributed by atoms with Crippen LogP contribution in [0.2, 0.25) is 0 Å². The predicted octanol–water partition coefficient (Wildman–Crippen LogP) is 2.85. The number of alkyl halides is 1. The number of unbranched alkanes of at least 4 members (excludes halogenated alkanes) is 1.